The van der Waals surface area contributed by atoms with Crippen LogP contribution in [-0.2, 0) is 15.0 Å². The summed E-state index contributed by atoms with van der Waals surface area (Å²) in [7, 11) is 0. The highest BCUT2D eigenvalue weighted by Crippen LogP contribution is 2.44. The monoisotopic (exact) mass is 520 g/mol. The number of amides is 3. The maximum absolute atomic E-state index is 13.6. The van der Waals surface area contributed by atoms with Gasteiger partial charge >= 0.3 is 6.43 Å². The first-order chi connectivity index (χ1) is 15.5. The minimum absolute atomic E-state index is 0. The number of carbonyl (C=O) groups is 3. The minimum atomic E-state index is -3.12. The lowest BCUT2D eigenvalue weighted by molar-refractivity contribution is -0.131. The summed E-state index contributed by atoms with van der Waals surface area (Å²) in [5.74, 6) is -1.85. The van der Waals surface area contributed by atoms with Gasteiger partial charge < -0.3 is 20.4 Å². The number of carbonyl (C=O) groups excluding carboxylic acids is 3. The third kappa shape index (κ3) is 5.47. The Bertz CT molecular complexity index is 937. The van der Waals surface area contributed by atoms with E-state index in [1.165, 1.54) is 4.90 Å². The third-order valence-electron chi connectivity index (χ3n) is 6.35. The van der Waals surface area contributed by atoms with Crippen molar-refractivity contribution < 1.29 is 23.2 Å². The van der Waals surface area contributed by atoms with Gasteiger partial charge in [0.1, 0.15) is 0 Å². The van der Waals surface area contributed by atoms with Gasteiger partial charge in [-0.05, 0) is 64.8 Å². The fourth-order valence-electron chi connectivity index (χ4n) is 4.63. The summed E-state index contributed by atoms with van der Waals surface area (Å²) in [6, 6.07) is 3.25. The molecule has 0 aliphatic carbocycles. The van der Waals surface area contributed by atoms with Crippen LogP contribution in [0.4, 0.5) is 14.5 Å². The van der Waals surface area contributed by atoms with Gasteiger partial charge in [0.05, 0.1) is 16.0 Å². The fraction of sp³-hybridized carbons (Fsp3) is 0.609. The summed E-state index contributed by atoms with van der Waals surface area (Å²) >= 11 is 6.56. The van der Waals surface area contributed by atoms with Gasteiger partial charge in [0.2, 0.25) is 5.91 Å². The molecule has 1 saturated heterocycles. The number of rotatable bonds is 7. The highest BCUT2D eigenvalue weighted by molar-refractivity contribution is 6.34. The molecular formula is C23H32Cl2F2N4O3. The second-order valence-electron chi connectivity index (χ2n) is 9.33. The Labute approximate surface area is 210 Å². The zero-order valence-electron chi connectivity index (χ0n) is 19.8. The van der Waals surface area contributed by atoms with Crippen LogP contribution in [0.3, 0.4) is 0 Å². The molecule has 2 aliphatic rings. The Hall–Kier alpha value is -1.97. The van der Waals surface area contributed by atoms with E-state index in [4.69, 9.17) is 11.6 Å². The number of nitrogens with one attached hydrogen (secondary N) is 2. The van der Waals surface area contributed by atoms with Gasteiger partial charge in [0, 0.05) is 37.4 Å². The second-order valence-corrected chi connectivity index (χ2v) is 9.74. The number of nitrogens with zero attached hydrogens (tertiary/aromatic N) is 2. The first-order valence-electron chi connectivity index (χ1n) is 11.2. The predicted octanol–water partition coefficient (Wildman–Crippen LogP) is 3.37. The second kappa shape index (κ2) is 11.2. The maximum atomic E-state index is 13.6. The van der Waals surface area contributed by atoms with Crippen LogP contribution in [-0.4, -0.2) is 67.3 Å². The van der Waals surface area contributed by atoms with Crippen molar-refractivity contribution in [2.45, 2.75) is 64.5 Å². The molecule has 0 saturated carbocycles. The molecule has 2 aliphatic heterocycles. The SMILES string of the molecule is CC(C)N(C(=O)c1cc2c(cc1Cl)C(C)(C)C(=O)N2CCNC(=O)C(F)F)[C@@H]1CCCNC1.Cl. The molecule has 1 aromatic carbocycles. The summed E-state index contributed by atoms with van der Waals surface area (Å²) < 4.78 is 25.0. The summed E-state index contributed by atoms with van der Waals surface area (Å²) in [5, 5.41) is 5.72. The van der Waals surface area contributed by atoms with Crippen LogP contribution in [0.2, 0.25) is 5.02 Å². The number of hydrogen-bond donors (Lipinski definition) is 2. The number of halogens is 4. The predicted molar refractivity (Wildman–Crippen MR) is 130 cm³/mol. The molecule has 0 aromatic heterocycles. The van der Waals surface area contributed by atoms with E-state index in [1.807, 2.05) is 18.7 Å². The number of hydrogen-bond acceptors (Lipinski definition) is 4. The molecule has 0 radical (unpaired) electrons. The summed E-state index contributed by atoms with van der Waals surface area (Å²) in [6.07, 6.45) is -1.26. The molecule has 0 bridgehead atoms. The fourth-order valence-corrected chi connectivity index (χ4v) is 4.88. The Morgan fingerprint density at radius 1 is 1.32 bits per heavy atom. The molecule has 3 amide bonds. The van der Waals surface area contributed by atoms with Gasteiger partial charge in [-0.1, -0.05) is 11.6 Å². The number of benzene rings is 1. The van der Waals surface area contributed by atoms with E-state index in [0.717, 1.165) is 19.4 Å². The van der Waals surface area contributed by atoms with Gasteiger partial charge in [-0.2, -0.15) is 8.78 Å². The Balaban J connectivity index is 0.00000408. The van der Waals surface area contributed by atoms with E-state index in [-0.39, 0.29) is 54.4 Å². The van der Waals surface area contributed by atoms with Crippen LogP contribution >= 0.6 is 24.0 Å². The quantitative estimate of drug-likeness (QED) is 0.577. The normalized spacial score (nSPS) is 19.1. The summed E-state index contributed by atoms with van der Waals surface area (Å²) in [5.41, 5.74) is 0.555. The van der Waals surface area contributed by atoms with Gasteiger partial charge in [-0.15, -0.1) is 12.4 Å². The van der Waals surface area contributed by atoms with Crippen molar-refractivity contribution in [2.24, 2.45) is 0 Å². The van der Waals surface area contributed by atoms with Gasteiger partial charge in [0.25, 0.3) is 11.8 Å². The lowest BCUT2D eigenvalue weighted by Gasteiger charge is -2.38. The number of alkyl halides is 2. The number of piperidine rings is 1. The van der Waals surface area contributed by atoms with Crippen LogP contribution in [0.25, 0.3) is 0 Å². The Morgan fingerprint density at radius 2 is 2.00 bits per heavy atom. The first-order valence-corrected chi connectivity index (χ1v) is 11.6. The molecular weight excluding hydrogens is 489 g/mol. The molecule has 190 valence electrons. The number of anilines is 1. The minimum Gasteiger partial charge on any atom is -0.349 e. The molecule has 2 heterocycles. The van der Waals surface area contributed by atoms with Crippen molar-refractivity contribution in [3.8, 4) is 0 Å². The number of fused-ring (bicyclic) bond motifs is 1. The maximum Gasteiger partial charge on any atom is 0.315 e. The topological polar surface area (TPSA) is 81.8 Å². The average molecular weight is 521 g/mol. The highest BCUT2D eigenvalue weighted by Gasteiger charge is 2.45. The first kappa shape index (κ1) is 28.3. The lowest BCUT2D eigenvalue weighted by Crippen LogP contribution is -2.51. The molecule has 0 unspecified atom stereocenters. The lowest BCUT2D eigenvalue weighted by atomic mass is 9.85. The van der Waals surface area contributed by atoms with Gasteiger partial charge in [-0.25, -0.2) is 0 Å². The Morgan fingerprint density at radius 3 is 2.56 bits per heavy atom. The molecule has 0 spiro atoms. The molecule has 11 heteroatoms. The van der Waals surface area contributed by atoms with Crippen molar-refractivity contribution in [2.75, 3.05) is 31.1 Å². The smallest absolute Gasteiger partial charge is 0.315 e. The van der Waals surface area contributed by atoms with Crippen LogP contribution in [0.1, 0.15) is 56.5 Å². The Kier molecular flexibility index (Phi) is 9.30. The molecule has 7 nitrogen and oxygen atoms in total. The van der Waals surface area contributed by atoms with Crippen LogP contribution in [0, 0.1) is 0 Å². The molecule has 1 fully saturated rings. The van der Waals surface area contributed by atoms with Crippen molar-refractivity contribution in [1.29, 1.82) is 0 Å². The van der Waals surface area contributed by atoms with Gasteiger partial charge in [0.15, 0.2) is 0 Å². The summed E-state index contributed by atoms with van der Waals surface area (Å²) in [6.45, 7) is 8.90. The zero-order chi connectivity index (χ0) is 24.5. The van der Waals surface area contributed by atoms with Crippen LogP contribution in [0.5, 0.6) is 0 Å². The highest BCUT2D eigenvalue weighted by atomic mass is 35.5. The van der Waals surface area contributed by atoms with E-state index in [0.29, 0.717) is 23.4 Å². The van der Waals surface area contributed by atoms with E-state index < -0.39 is 17.7 Å². The largest absolute Gasteiger partial charge is 0.349 e. The van der Waals surface area contributed by atoms with Gasteiger partial charge in [-0.3, -0.25) is 14.4 Å². The zero-order valence-corrected chi connectivity index (χ0v) is 21.4. The van der Waals surface area contributed by atoms with Crippen LogP contribution in [0.15, 0.2) is 12.1 Å². The standard InChI is InChI=1S/C23H31ClF2N4O3.ClH/c1-13(2)30(14-6-5-7-27-12-14)21(32)15-10-18-16(11-17(15)24)23(3,4)22(33)29(18)9-8-28-20(31)19(25)26;/h10-11,13-14,19,27H,5-9,12H2,1-4H3,(H,28,31);1H/t14-;/m1./s1. The average Bonchev–Trinajstić information content (AvgIpc) is 2.93. The van der Waals surface area contributed by atoms with Crippen molar-refractivity contribution in [3.05, 3.63) is 28.3 Å². The van der Waals surface area contributed by atoms with Crippen LogP contribution < -0.4 is 15.5 Å². The van der Waals surface area contributed by atoms with Crippen molar-refractivity contribution in [3.63, 3.8) is 0 Å². The van der Waals surface area contributed by atoms with E-state index in [1.54, 1.807) is 26.0 Å². The molecule has 1 atom stereocenters. The van der Waals surface area contributed by atoms with Crippen molar-refractivity contribution >= 4 is 47.4 Å². The molecule has 3 rings (SSSR count). The third-order valence-corrected chi connectivity index (χ3v) is 6.66. The molecule has 2 N–H and O–H groups in total. The molecule has 1 aromatic rings. The van der Waals surface area contributed by atoms with Crippen molar-refractivity contribution in [1.82, 2.24) is 15.5 Å². The molecule has 34 heavy (non-hydrogen) atoms. The van der Waals surface area contributed by atoms with E-state index >= 15 is 0 Å². The van der Waals surface area contributed by atoms with E-state index in [2.05, 4.69) is 10.6 Å². The van der Waals surface area contributed by atoms with E-state index in [9.17, 15) is 23.2 Å². The summed E-state index contributed by atoms with van der Waals surface area (Å²) in [4.78, 5) is 41.2.